The minimum Gasteiger partial charge on any atom is -0.454 e. The van der Waals surface area contributed by atoms with E-state index in [9.17, 15) is 4.79 Å². The van der Waals surface area contributed by atoms with Crippen LogP contribution < -0.4 is 21.3 Å². The largest absolute Gasteiger partial charge is 0.454 e. The highest BCUT2D eigenvalue weighted by atomic mass is 127. The topological polar surface area (TPSA) is 95.9 Å². The summed E-state index contributed by atoms with van der Waals surface area (Å²) in [6.45, 7) is 4.78. The normalized spacial score (nSPS) is 15.1. The van der Waals surface area contributed by atoms with Crippen LogP contribution in [-0.2, 0) is 6.54 Å². The summed E-state index contributed by atoms with van der Waals surface area (Å²) >= 11 is 0. The van der Waals surface area contributed by atoms with Crippen LogP contribution >= 0.6 is 24.0 Å². The first-order valence-electron chi connectivity index (χ1n) is 9.27. The number of anilines is 1. The molecule has 1 aromatic carbocycles. The second kappa shape index (κ2) is 10.4. The van der Waals surface area contributed by atoms with Crippen molar-refractivity contribution in [3.8, 4) is 0 Å². The fraction of sp³-hybridized carbons (Fsp3) is 0.400. The summed E-state index contributed by atoms with van der Waals surface area (Å²) in [5.41, 5.74) is 7.68. The number of rotatable bonds is 6. The molecule has 0 spiro atoms. The van der Waals surface area contributed by atoms with Gasteiger partial charge in [0, 0.05) is 25.8 Å². The third-order valence-corrected chi connectivity index (χ3v) is 4.75. The lowest BCUT2D eigenvalue weighted by Gasteiger charge is -2.22. The maximum atomic E-state index is 11.1. The molecule has 3 rings (SSSR count). The first-order valence-corrected chi connectivity index (χ1v) is 9.27. The van der Waals surface area contributed by atoms with Gasteiger partial charge < -0.3 is 25.7 Å². The van der Waals surface area contributed by atoms with Crippen LogP contribution in [0.5, 0.6) is 0 Å². The van der Waals surface area contributed by atoms with Gasteiger partial charge in [0.05, 0.1) is 12.6 Å². The average Bonchev–Trinajstić information content (AvgIpc) is 3.37. The molecule has 1 fully saturated rings. The standard InChI is InChI=1S/C20H27N5O2.HI/c1-14(15-6-5-7-16(12-15)25-10-3-4-11-25)24-20(22-2)23-13-17-8-9-18(27-17)19(21)26;/h5-9,12,14H,3-4,10-11,13H2,1-2H3,(H2,21,26)(H2,22,23,24);1H. The molecular formula is C20H28IN5O2. The Morgan fingerprint density at radius 2 is 2.04 bits per heavy atom. The van der Waals surface area contributed by atoms with Crippen molar-refractivity contribution in [3.05, 3.63) is 53.5 Å². The lowest BCUT2D eigenvalue weighted by Crippen LogP contribution is -2.38. The van der Waals surface area contributed by atoms with E-state index in [0.717, 1.165) is 13.1 Å². The summed E-state index contributed by atoms with van der Waals surface area (Å²) in [5, 5.41) is 6.58. The molecule has 0 saturated carbocycles. The zero-order valence-electron chi connectivity index (χ0n) is 16.3. The second-order valence-corrected chi connectivity index (χ2v) is 6.71. The van der Waals surface area contributed by atoms with Gasteiger partial charge in [-0.3, -0.25) is 9.79 Å². The van der Waals surface area contributed by atoms with E-state index < -0.39 is 5.91 Å². The Morgan fingerprint density at radius 1 is 1.29 bits per heavy atom. The van der Waals surface area contributed by atoms with Crippen LogP contribution in [0.1, 0.15) is 47.7 Å². The number of nitrogens with two attached hydrogens (primary N) is 1. The van der Waals surface area contributed by atoms with E-state index >= 15 is 0 Å². The number of hydrogen-bond donors (Lipinski definition) is 3. The van der Waals surface area contributed by atoms with Crippen molar-refractivity contribution in [2.75, 3.05) is 25.0 Å². The van der Waals surface area contributed by atoms with Crippen LogP contribution in [0.25, 0.3) is 0 Å². The molecule has 7 nitrogen and oxygen atoms in total. The number of amides is 1. The van der Waals surface area contributed by atoms with Crippen molar-refractivity contribution in [3.63, 3.8) is 0 Å². The minimum atomic E-state index is -0.574. The van der Waals surface area contributed by atoms with Crippen molar-refractivity contribution in [1.29, 1.82) is 0 Å². The number of carbonyl (C=O) groups is 1. The molecule has 0 bridgehead atoms. The molecule has 2 aromatic rings. The molecule has 1 saturated heterocycles. The van der Waals surface area contributed by atoms with Gasteiger partial charge in [-0.05, 0) is 49.6 Å². The van der Waals surface area contributed by atoms with E-state index in [1.165, 1.54) is 24.1 Å². The van der Waals surface area contributed by atoms with Gasteiger partial charge in [-0.2, -0.15) is 0 Å². The smallest absolute Gasteiger partial charge is 0.284 e. The van der Waals surface area contributed by atoms with Gasteiger partial charge in [-0.25, -0.2) is 0 Å². The average molecular weight is 497 g/mol. The number of halogens is 1. The maximum Gasteiger partial charge on any atom is 0.284 e. The summed E-state index contributed by atoms with van der Waals surface area (Å²) in [6.07, 6.45) is 2.53. The summed E-state index contributed by atoms with van der Waals surface area (Å²) in [4.78, 5) is 17.8. The molecule has 1 aliphatic rings. The Labute approximate surface area is 182 Å². The number of benzene rings is 1. The van der Waals surface area contributed by atoms with E-state index in [0.29, 0.717) is 18.3 Å². The summed E-state index contributed by atoms with van der Waals surface area (Å²) in [5.74, 6) is 0.860. The molecule has 0 radical (unpaired) electrons. The van der Waals surface area contributed by atoms with Crippen molar-refractivity contribution in [1.82, 2.24) is 10.6 Å². The number of furan rings is 1. The van der Waals surface area contributed by atoms with E-state index in [1.54, 1.807) is 19.2 Å². The van der Waals surface area contributed by atoms with Crippen molar-refractivity contribution >= 4 is 41.5 Å². The van der Waals surface area contributed by atoms with Gasteiger partial charge in [0.15, 0.2) is 11.7 Å². The number of carbonyl (C=O) groups excluding carboxylic acids is 1. The van der Waals surface area contributed by atoms with Gasteiger partial charge in [-0.1, -0.05) is 12.1 Å². The minimum absolute atomic E-state index is 0. The number of nitrogens with zero attached hydrogens (tertiary/aromatic N) is 2. The number of primary amides is 1. The van der Waals surface area contributed by atoms with E-state index in [-0.39, 0.29) is 35.8 Å². The fourth-order valence-electron chi connectivity index (χ4n) is 3.23. The molecule has 28 heavy (non-hydrogen) atoms. The van der Waals surface area contributed by atoms with Crippen LogP contribution in [0.2, 0.25) is 0 Å². The lowest BCUT2D eigenvalue weighted by atomic mass is 10.1. The number of hydrogen-bond acceptors (Lipinski definition) is 4. The van der Waals surface area contributed by atoms with Crippen molar-refractivity contribution < 1.29 is 9.21 Å². The van der Waals surface area contributed by atoms with Crippen LogP contribution in [0, 0.1) is 0 Å². The summed E-state index contributed by atoms with van der Waals surface area (Å²) in [7, 11) is 1.72. The molecule has 1 aliphatic heterocycles. The quantitative estimate of drug-likeness (QED) is 0.324. The van der Waals surface area contributed by atoms with Gasteiger partial charge >= 0.3 is 0 Å². The lowest BCUT2D eigenvalue weighted by molar-refractivity contribution is 0.0972. The molecule has 2 heterocycles. The van der Waals surface area contributed by atoms with Gasteiger partial charge in [0.25, 0.3) is 5.91 Å². The SMILES string of the molecule is CN=C(NCc1ccc(C(N)=O)o1)NC(C)c1cccc(N2CCCC2)c1.I. The maximum absolute atomic E-state index is 11.1. The predicted octanol–water partition coefficient (Wildman–Crippen LogP) is 3.02. The van der Waals surface area contributed by atoms with E-state index in [1.807, 2.05) is 0 Å². The van der Waals surface area contributed by atoms with Gasteiger partial charge in [0.1, 0.15) is 5.76 Å². The fourth-order valence-corrected chi connectivity index (χ4v) is 3.23. The third-order valence-electron chi connectivity index (χ3n) is 4.75. The Balaban J connectivity index is 0.00000280. The second-order valence-electron chi connectivity index (χ2n) is 6.71. The summed E-state index contributed by atoms with van der Waals surface area (Å²) in [6, 6.07) is 12.0. The molecule has 152 valence electrons. The first kappa shape index (κ1) is 22.1. The molecule has 0 aliphatic carbocycles. The van der Waals surface area contributed by atoms with Crippen LogP contribution in [0.3, 0.4) is 0 Å². The van der Waals surface area contributed by atoms with Crippen molar-refractivity contribution in [2.24, 2.45) is 10.7 Å². The zero-order valence-corrected chi connectivity index (χ0v) is 18.6. The zero-order chi connectivity index (χ0) is 19.2. The highest BCUT2D eigenvalue weighted by molar-refractivity contribution is 14.0. The molecule has 1 aromatic heterocycles. The highest BCUT2D eigenvalue weighted by Crippen LogP contribution is 2.23. The Hall–Kier alpha value is -2.23. The monoisotopic (exact) mass is 497 g/mol. The van der Waals surface area contributed by atoms with Crippen LogP contribution in [-0.4, -0.2) is 32.0 Å². The van der Waals surface area contributed by atoms with Crippen LogP contribution in [0.15, 0.2) is 45.8 Å². The van der Waals surface area contributed by atoms with E-state index in [4.69, 9.17) is 10.2 Å². The first-order chi connectivity index (χ1) is 13.1. The van der Waals surface area contributed by atoms with Crippen LogP contribution in [0.4, 0.5) is 5.69 Å². The Morgan fingerprint density at radius 3 is 2.68 bits per heavy atom. The number of aliphatic imine (C=N–C) groups is 1. The molecule has 1 atom stereocenters. The Bertz CT molecular complexity index is 814. The molecular weight excluding hydrogens is 469 g/mol. The Kier molecular flexibility index (Phi) is 8.16. The number of guanidine groups is 1. The number of nitrogens with one attached hydrogen (secondary N) is 2. The predicted molar refractivity (Wildman–Crippen MR) is 122 cm³/mol. The van der Waals surface area contributed by atoms with E-state index in [2.05, 4.69) is 51.7 Å². The molecule has 4 N–H and O–H groups in total. The van der Waals surface area contributed by atoms with Gasteiger partial charge in [-0.15, -0.1) is 24.0 Å². The molecule has 8 heteroatoms. The van der Waals surface area contributed by atoms with Gasteiger partial charge in [0.2, 0.25) is 0 Å². The summed E-state index contributed by atoms with van der Waals surface area (Å²) < 4.78 is 5.38. The van der Waals surface area contributed by atoms with Crippen molar-refractivity contribution in [2.45, 2.75) is 32.4 Å². The highest BCUT2D eigenvalue weighted by Gasteiger charge is 2.15. The molecule has 1 amide bonds. The molecule has 1 unspecified atom stereocenters. The third kappa shape index (κ3) is 5.63.